The molecule has 0 aromatic heterocycles. The first kappa shape index (κ1) is 16.0. The van der Waals surface area contributed by atoms with Gasteiger partial charge in [0.25, 0.3) is 0 Å². The summed E-state index contributed by atoms with van der Waals surface area (Å²) >= 11 is 0. The van der Waals surface area contributed by atoms with Gasteiger partial charge in [0, 0.05) is 24.2 Å². The van der Waals surface area contributed by atoms with Gasteiger partial charge in [0.1, 0.15) is 23.4 Å². The molecule has 1 saturated carbocycles. The van der Waals surface area contributed by atoms with E-state index in [1.165, 1.54) is 12.8 Å². The molecule has 0 saturated heterocycles. The Labute approximate surface area is 127 Å². The van der Waals surface area contributed by atoms with Gasteiger partial charge in [-0.05, 0) is 31.7 Å². The van der Waals surface area contributed by atoms with Crippen LogP contribution in [0, 0.1) is 5.92 Å². The predicted molar refractivity (Wildman–Crippen MR) is 84.4 cm³/mol. The molecular weight excluding hydrogens is 266 g/mol. The van der Waals surface area contributed by atoms with E-state index in [0.717, 1.165) is 30.2 Å². The first-order chi connectivity index (χ1) is 10.2. The van der Waals surface area contributed by atoms with E-state index in [2.05, 4.69) is 19.2 Å². The van der Waals surface area contributed by atoms with Crippen LogP contribution in [0.2, 0.25) is 0 Å². The van der Waals surface area contributed by atoms with Crippen molar-refractivity contribution in [3.63, 3.8) is 0 Å². The Kier molecular flexibility index (Phi) is 5.74. The largest absolute Gasteiger partial charge is 0.496 e. The molecule has 1 aliphatic carbocycles. The first-order valence-corrected chi connectivity index (χ1v) is 7.79. The van der Waals surface area contributed by atoms with Crippen LogP contribution < -0.4 is 19.5 Å². The van der Waals surface area contributed by atoms with E-state index in [-0.39, 0.29) is 6.10 Å². The lowest BCUT2D eigenvalue weighted by Gasteiger charge is -2.35. The molecule has 1 fully saturated rings. The van der Waals surface area contributed by atoms with Gasteiger partial charge in [-0.15, -0.1) is 0 Å². The van der Waals surface area contributed by atoms with Crippen molar-refractivity contribution in [1.82, 2.24) is 5.32 Å². The number of ether oxygens (including phenoxy) is 3. The zero-order valence-corrected chi connectivity index (χ0v) is 13.5. The number of rotatable bonds is 6. The lowest BCUT2D eigenvalue weighted by molar-refractivity contribution is 0.0911. The van der Waals surface area contributed by atoms with Crippen molar-refractivity contribution < 1.29 is 14.2 Å². The van der Waals surface area contributed by atoms with Crippen molar-refractivity contribution in [3.05, 3.63) is 18.2 Å². The summed E-state index contributed by atoms with van der Waals surface area (Å²) in [7, 11) is 3.31. The van der Waals surface area contributed by atoms with E-state index in [0.29, 0.717) is 12.0 Å². The molecule has 2 rings (SSSR count). The number of benzene rings is 1. The van der Waals surface area contributed by atoms with E-state index >= 15 is 0 Å². The second-order valence-electron chi connectivity index (χ2n) is 5.79. The molecule has 118 valence electrons. The second-order valence-corrected chi connectivity index (χ2v) is 5.79. The van der Waals surface area contributed by atoms with Gasteiger partial charge in [-0.25, -0.2) is 0 Å². The summed E-state index contributed by atoms with van der Waals surface area (Å²) in [6, 6.07) is 6.12. The fraction of sp³-hybridized carbons (Fsp3) is 0.647. The van der Waals surface area contributed by atoms with E-state index in [9.17, 15) is 0 Å². The van der Waals surface area contributed by atoms with Crippen LogP contribution >= 0.6 is 0 Å². The van der Waals surface area contributed by atoms with Gasteiger partial charge in [0.05, 0.1) is 14.2 Å². The second kappa shape index (κ2) is 7.55. The molecule has 1 aliphatic rings. The molecule has 0 spiro atoms. The van der Waals surface area contributed by atoms with Gasteiger partial charge in [-0.2, -0.15) is 0 Å². The van der Waals surface area contributed by atoms with Crippen LogP contribution in [-0.2, 0) is 0 Å². The third-order valence-corrected chi connectivity index (χ3v) is 4.13. The highest BCUT2D eigenvalue weighted by atomic mass is 16.5. The maximum absolute atomic E-state index is 6.25. The maximum atomic E-state index is 6.25. The normalized spacial score (nSPS) is 25.4. The van der Waals surface area contributed by atoms with Crippen molar-refractivity contribution in [3.8, 4) is 17.2 Å². The lowest BCUT2D eigenvalue weighted by Crippen LogP contribution is -2.46. The Hall–Kier alpha value is -1.42. The molecule has 1 N–H and O–H groups in total. The highest BCUT2D eigenvalue weighted by Gasteiger charge is 2.29. The van der Waals surface area contributed by atoms with Crippen LogP contribution in [-0.4, -0.2) is 32.9 Å². The van der Waals surface area contributed by atoms with Crippen LogP contribution in [0.4, 0.5) is 0 Å². The van der Waals surface area contributed by atoms with Gasteiger partial charge >= 0.3 is 0 Å². The van der Waals surface area contributed by atoms with E-state index in [1.807, 2.05) is 18.2 Å². The molecule has 0 amide bonds. The number of methoxy groups -OCH3 is 2. The lowest BCUT2D eigenvalue weighted by atomic mass is 9.85. The molecule has 0 aliphatic heterocycles. The van der Waals surface area contributed by atoms with Crippen LogP contribution in [0.25, 0.3) is 0 Å². The molecule has 0 heterocycles. The fourth-order valence-corrected chi connectivity index (χ4v) is 2.98. The minimum atomic E-state index is 0.200. The minimum Gasteiger partial charge on any atom is -0.496 e. The van der Waals surface area contributed by atoms with Crippen LogP contribution in [0.3, 0.4) is 0 Å². The molecule has 4 nitrogen and oxygen atoms in total. The third kappa shape index (κ3) is 4.27. The van der Waals surface area contributed by atoms with Crippen molar-refractivity contribution in [2.24, 2.45) is 5.92 Å². The Morgan fingerprint density at radius 1 is 1.05 bits per heavy atom. The number of nitrogens with one attached hydrogen (secondary N) is 1. The Morgan fingerprint density at radius 3 is 2.24 bits per heavy atom. The summed E-state index contributed by atoms with van der Waals surface area (Å²) in [6.45, 7) is 5.41. The summed E-state index contributed by atoms with van der Waals surface area (Å²) in [5, 5.41) is 3.55. The molecule has 0 bridgehead atoms. The van der Waals surface area contributed by atoms with Crippen molar-refractivity contribution >= 4 is 0 Å². The monoisotopic (exact) mass is 293 g/mol. The maximum Gasteiger partial charge on any atom is 0.127 e. The molecule has 4 heteroatoms. The van der Waals surface area contributed by atoms with Crippen LogP contribution in [0.5, 0.6) is 17.2 Å². The zero-order chi connectivity index (χ0) is 15.2. The van der Waals surface area contributed by atoms with Crippen LogP contribution in [0.15, 0.2) is 18.2 Å². The molecule has 1 aromatic carbocycles. The summed E-state index contributed by atoms with van der Waals surface area (Å²) in [6.07, 6.45) is 3.71. The summed E-state index contributed by atoms with van der Waals surface area (Å²) in [5.41, 5.74) is 0. The van der Waals surface area contributed by atoms with Crippen LogP contribution in [0.1, 0.15) is 33.1 Å². The minimum absolute atomic E-state index is 0.200. The average molecular weight is 293 g/mol. The van der Waals surface area contributed by atoms with Crippen molar-refractivity contribution in [1.29, 1.82) is 0 Å². The standard InChI is InChI=1S/C17H27NO3/c1-5-18-16-7-6-12(2)8-17(16)21-15-10-13(19-3)9-14(11-15)20-4/h9-12,16-18H,5-8H2,1-4H3. The molecule has 3 atom stereocenters. The Bertz CT molecular complexity index is 427. The van der Waals surface area contributed by atoms with Gasteiger partial charge in [-0.3, -0.25) is 0 Å². The van der Waals surface area contributed by atoms with E-state index in [4.69, 9.17) is 14.2 Å². The molecule has 21 heavy (non-hydrogen) atoms. The summed E-state index contributed by atoms with van der Waals surface area (Å²) in [4.78, 5) is 0. The highest BCUT2D eigenvalue weighted by Crippen LogP contribution is 2.32. The number of hydrogen-bond acceptors (Lipinski definition) is 4. The van der Waals surface area contributed by atoms with Gasteiger partial charge < -0.3 is 19.5 Å². The zero-order valence-electron chi connectivity index (χ0n) is 13.5. The molecule has 0 radical (unpaired) electrons. The smallest absolute Gasteiger partial charge is 0.127 e. The first-order valence-electron chi connectivity index (χ1n) is 7.79. The van der Waals surface area contributed by atoms with Gasteiger partial charge in [-0.1, -0.05) is 13.8 Å². The predicted octanol–water partition coefficient (Wildman–Crippen LogP) is 3.25. The van der Waals surface area contributed by atoms with Crippen molar-refractivity contribution in [2.45, 2.75) is 45.3 Å². The molecule has 3 unspecified atom stereocenters. The summed E-state index contributed by atoms with van der Waals surface area (Å²) < 4.78 is 16.9. The third-order valence-electron chi connectivity index (χ3n) is 4.13. The van der Waals surface area contributed by atoms with Gasteiger partial charge in [0.2, 0.25) is 0 Å². The fourth-order valence-electron chi connectivity index (χ4n) is 2.98. The Morgan fingerprint density at radius 2 is 1.67 bits per heavy atom. The topological polar surface area (TPSA) is 39.7 Å². The summed E-state index contributed by atoms with van der Waals surface area (Å²) in [5.74, 6) is 3.03. The SMILES string of the molecule is CCNC1CCC(C)CC1Oc1cc(OC)cc(OC)c1. The number of hydrogen-bond donors (Lipinski definition) is 1. The molecular formula is C17H27NO3. The average Bonchev–Trinajstić information content (AvgIpc) is 2.49. The van der Waals surface area contributed by atoms with Gasteiger partial charge in [0.15, 0.2) is 0 Å². The highest BCUT2D eigenvalue weighted by molar-refractivity contribution is 5.42. The van der Waals surface area contributed by atoms with E-state index < -0.39 is 0 Å². The number of likely N-dealkylation sites (N-methyl/N-ethyl adjacent to an activating group) is 1. The Balaban J connectivity index is 2.13. The molecule has 1 aromatic rings. The quantitative estimate of drug-likeness (QED) is 0.874. The van der Waals surface area contributed by atoms with E-state index in [1.54, 1.807) is 14.2 Å². The van der Waals surface area contributed by atoms with Crippen molar-refractivity contribution in [2.75, 3.05) is 20.8 Å².